The molecule has 1 unspecified atom stereocenters. The Kier molecular flexibility index (Phi) is 5.52. The van der Waals surface area contributed by atoms with Crippen molar-refractivity contribution in [2.24, 2.45) is 5.92 Å². The number of halogens is 3. The van der Waals surface area contributed by atoms with Crippen LogP contribution < -0.4 is 10.1 Å². The van der Waals surface area contributed by atoms with Crippen LogP contribution in [0.15, 0.2) is 72.8 Å². The minimum absolute atomic E-state index is 0.0872. The van der Waals surface area contributed by atoms with Gasteiger partial charge in [-0.3, -0.25) is 9.59 Å². The van der Waals surface area contributed by atoms with Crippen molar-refractivity contribution < 1.29 is 32.6 Å². The van der Waals surface area contributed by atoms with Crippen molar-refractivity contribution in [3.8, 4) is 5.75 Å². The van der Waals surface area contributed by atoms with E-state index in [-0.39, 0.29) is 31.5 Å². The zero-order valence-electron chi connectivity index (χ0n) is 18.4. The van der Waals surface area contributed by atoms with Crippen LogP contribution in [0.3, 0.4) is 0 Å². The van der Waals surface area contributed by atoms with Crippen LogP contribution in [0.25, 0.3) is 0 Å². The van der Waals surface area contributed by atoms with Gasteiger partial charge in [-0.25, -0.2) is 0 Å². The standard InChI is InChI=1S/C26H21F3N2O4/c27-26(28,29)19-9-7-18(8-10-19)25(34,17-4-2-1-3-5-17)20-13-31(14-20)24(33)16-6-11-22-21(12-16)30-23(32)15-35-22/h1-12,20,34H,13-15H2,(H,30,32). The number of hydrogen-bond acceptors (Lipinski definition) is 4. The average molecular weight is 482 g/mol. The molecule has 9 heteroatoms. The molecule has 0 bridgehead atoms. The van der Waals surface area contributed by atoms with E-state index < -0.39 is 23.3 Å². The van der Waals surface area contributed by atoms with Crippen molar-refractivity contribution in [1.82, 2.24) is 4.90 Å². The molecular weight excluding hydrogens is 461 g/mol. The molecule has 3 aromatic carbocycles. The Bertz CT molecular complexity index is 1270. The van der Waals surface area contributed by atoms with Crippen molar-refractivity contribution >= 4 is 17.5 Å². The number of benzene rings is 3. The van der Waals surface area contributed by atoms with Crippen LogP contribution in [0, 0.1) is 5.92 Å². The summed E-state index contributed by atoms with van der Waals surface area (Å²) in [6.07, 6.45) is -4.48. The van der Waals surface area contributed by atoms with Crippen molar-refractivity contribution in [2.75, 3.05) is 25.0 Å². The number of aliphatic hydroxyl groups is 1. The van der Waals surface area contributed by atoms with Crippen LogP contribution in [0.1, 0.15) is 27.0 Å². The van der Waals surface area contributed by atoms with Gasteiger partial charge in [-0.2, -0.15) is 13.2 Å². The second-order valence-electron chi connectivity index (χ2n) is 8.66. The predicted molar refractivity (Wildman–Crippen MR) is 121 cm³/mol. The molecule has 2 N–H and O–H groups in total. The molecule has 3 aromatic rings. The summed E-state index contributed by atoms with van der Waals surface area (Å²) in [7, 11) is 0. The Morgan fingerprint density at radius 1 is 0.943 bits per heavy atom. The number of fused-ring (bicyclic) bond motifs is 1. The van der Waals surface area contributed by atoms with Crippen LogP contribution in [0.5, 0.6) is 5.75 Å². The van der Waals surface area contributed by atoms with Gasteiger partial charge in [0.05, 0.1) is 11.3 Å². The summed E-state index contributed by atoms with van der Waals surface area (Å²) in [6.45, 7) is 0.312. The third-order valence-electron chi connectivity index (χ3n) is 6.49. The van der Waals surface area contributed by atoms with Gasteiger partial charge in [0.25, 0.3) is 11.8 Å². The molecule has 0 spiro atoms. The maximum Gasteiger partial charge on any atom is 0.416 e. The number of carbonyl (C=O) groups is 2. The molecule has 180 valence electrons. The number of nitrogens with zero attached hydrogens (tertiary/aromatic N) is 1. The lowest BCUT2D eigenvalue weighted by Crippen LogP contribution is -2.58. The highest BCUT2D eigenvalue weighted by molar-refractivity contribution is 6.00. The number of amides is 2. The first-order chi connectivity index (χ1) is 16.7. The quantitative estimate of drug-likeness (QED) is 0.588. The number of alkyl halides is 3. The molecule has 6 nitrogen and oxygen atoms in total. The number of anilines is 1. The summed E-state index contributed by atoms with van der Waals surface area (Å²) in [5.74, 6) is -0.558. The van der Waals surface area contributed by atoms with Gasteiger partial charge in [-0.1, -0.05) is 42.5 Å². The summed E-state index contributed by atoms with van der Waals surface area (Å²) < 4.78 is 44.5. The largest absolute Gasteiger partial charge is 0.482 e. The summed E-state index contributed by atoms with van der Waals surface area (Å²) in [5.41, 5.74) is -0.765. The van der Waals surface area contributed by atoms with Crippen molar-refractivity contribution in [3.05, 3.63) is 95.1 Å². The smallest absolute Gasteiger partial charge is 0.416 e. The molecule has 0 aliphatic carbocycles. The van der Waals surface area contributed by atoms with E-state index in [2.05, 4.69) is 5.32 Å². The lowest BCUT2D eigenvalue weighted by atomic mass is 9.72. The van der Waals surface area contributed by atoms with Gasteiger partial charge in [0, 0.05) is 24.6 Å². The van der Waals surface area contributed by atoms with E-state index in [1.807, 2.05) is 0 Å². The molecule has 1 fully saturated rings. The Labute approximate surface area is 198 Å². The Morgan fingerprint density at radius 3 is 2.23 bits per heavy atom. The van der Waals surface area contributed by atoms with Gasteiger partial charge in [-0.05, 0) is 41.5 Å². The summed E-state index contributed by atoms with van der Waals surface area (Å²) in [6, 6.07) is 17.9. The fourth-order valence-corrected chi connectivity index (χ4v) is 4.55. The van der Waals surface area contributed by atoms with Crippen LogP contribution in [-0.4, -0.2) is 41.5 Å². The molecule has 2 heterocycles. The first-order valence-corrected chi connectivity index (χ1v) is 11.0. The van der Waals surface area contributed by atoms with E-state index in [4.69, 9.17) is 4.74 Å². The first-order valence-electron chi connectivity index (χ1n) is 11.0. The molecule has 5 rings (SSSR count). The summed E-state index contributed by atoms with van der Waals surface area (Å²) in [5, 5.41) is 14.5. The van der Waals surface area contributed by atoms with Gasteiger partial charge in [0.2, 0.25) is 0 Å². The highest BCUT2D eigenvalue weighted by Gasteiger charge is 2.48. The van der Waals surface area contributed by atoms with Crippen molar-refractivity contribution in [3.63, 3.8) is 0 Å². The van der Waals surface area contributed by atoms with E-state index in [9.17, 15) is 27.9 Å². The number of hydrogen-bond donors (Lipinski definition) is 2. The second-order valence-corrected chi connectivity index (χ2v) is 8.66. The Morgan fingerprint density at radius 2 is 1.57 bits per heavy atom. The van der Waals surface area contributed by atoms with Crippen LogP contribution in [-0.2, 0) is 16.6 Å². The minimum atomic E-state index is -4.48. The number of ether oxygens (including phenoxy) is 1. The monoisotopic (exact) mass is 482 g/mol. The van der Waals surface area contributed by atoms with Crippen molar-refractivity contribution in [2.45, 2.75) is 11.8 Å². The number of rotatable bonds is 4. The molecule has 35 heavy (non-hydrogen) atoms. The second kappa shape index (κ2) is 8.42. The fourth-order valence-electron chi connectivity index (χ4n) is 4.55. The van der Waals surface area contributed by atoms with E-state index >= 15 is 0 Å². The van der Waals surface area contributed by atoms with Crippen LogP contribution in [0.4, 0.5) is 18.9 Å². The Balaban J connectivity index is 1.39. The third kappa shape index (κ3) is 4.12. The van der Waals surface area contributed by atoms with Gasteiger partial charge in [0.15, 0.2) is 6.61 Å². The molecule has 1 saturated heterocycles. The van der Waals surface area contributed by atoms with Gasteiger partial charge in [-0.15, -0.1) is 0 Å². The van der Waals surface area contributed by atoms with E-state index in [1.54, 1.807) is 53.4 Å². The van der Waals surface area contributed by atoms with E-state index in [1.165, 1.54) is 12.1 Å². The lowest BCUT2D eigenvalue weighted by molar-refractivity contribution is -0.137. The topological polar surface area (TPSA) is 78.9 Å². The minimum Gasteiger partial charge on any atom is -0.482 e. The molecular formula is C26H21F3N2O4. The molecule has 0 radical (unpaired) electrons. The highest BCUT2D eigenvalue weighted by atomic mass is 19.4. The maximum absolute atomic E-state index is 13.1. The van der Waals surface area contributed by atoms with Crippen molar-refractivity contribution in [1.29, 1.82) is 0 Å². The molecule has 1 atom stereocenters. The zero-order chi connectivity index (χ0) is 24.8. The van der Waals surface area contributed by atoms with Gasteiger partial charge in [0.1, 0.15) is 11.4 Å². The van der Waals surface area contributed by atoms with E-state index in [0.29, 0.717) is 28.1 Å². The average Bonchev–Trinajstić information content (AvgIpc) is 2.82. The van der Waals surface area contributed by atoms with Gasteiger partial charge >= 0.3 is 6.18 Å². The molecule has 2 amide bonds. The number of likely N-dealkylation sites (tertiary alicyclic amines) is 1. The van der Waals surface area contributed by atoms with Crippen LogP contribution in [0.2, 0.25) is 0 Å². The normalized spacial score (nSPS) is 17.5. The summed E-state index contributed by atoms with van der Waals surface area (Å²) in [4.78, 5) is 26.2. The maximum atomic E-state index is 13.1. The summed E-state index contributed by atoms with van der Waals surface area (Å²) >= 11 is 0. The zero-order valence-corrected chi connectivity index (χ0v) is 18.4. The molecule has 2 aliphatic rings. The number of nitrogens with one attached hydrogen (secondary N) is 1. The highest BCUT2D eigenvalue weighted by Crippen LogP contribution is 2.43. The lowest BCUT2D eigenvalue weighted by Gasteiger charge is -2.48. The molecule has 0 saturated carbocycles. The van der Waals surface area contributed by atoms with Crippen LogP contribution >= 0.6 is 0 Å². The molecule has 2 aliphatic heterocycles. The third-order valence-corrected chi connectivity index (χ3v) is 6.49. The van der Waals surface area contributed by atoms with E-state index in [0.717, 1.165) is 12.1 Å². The SMILES string of the molecule is O=C1COc2ccc(C(=O)N3CC(C(O)(c4ccccc4)c4ccc(C(F)(F)F)cc4)C3)cc2N1. The predicted octanol–water partition coefficient (Wildman–Crippen LogP) is 4.04. The van der Waals surface area contributed by atoms with Gasteiger partial charge < -0.3 is 20.1 Å². The molecule has 0 aromatic heterocycles. The fraction of sp³-hybridized carbons (Fsp3) is 0.231. The number of carbonyl (C=O) groups excluding carboxylic acids is 2. The Hall–Kier alpha value is -3.85. The first kappa shape index (κ1) is 22.9.